The second-order valence-corrected chi connectivity index (χ2v) is 21.0. The van der Waals surface area contributed by atoms with Gasteiger partial charge in [0.25, 0.3) is 0 Å². The summed E-state index contributed by atoms with van der Waals surface area (Å²) in [6.07, 6.45) is 74.0. The molecule has 0 aliphatic carbocycles. The normalized spacial score (nSPS) is 14.2. The van der Waals surface area contributed by atoms with Crippen LogP contribution in [-0.2, 0) is 32.7 Å². The van der Waals surface area contributed by atoms with E-state index in [2.05, 4.69) is 135 Å². The van der Waals surface area contributed by atoms with E-state index in [4.69, 9.17) is 18.5 Å². The van der Waals surface area contributed by atoms with Gasteiger partial charge in [-0.3, -0.25) is 18.6 Å². The quantitative estimate of drug-likeness (QED) is 0.0211. The van der Waals surface area contributed by atoms with Gasteiger partial charge in [0.15, 0.2) is 6.10 Å². The fourth-order valence-electron chi connectivity index (χ4n) is 7.12. The molecule has 0 saturated heterocycles. The van der Waals surface area contributed by atoms with E-state index < -0.39 is 26.5 Å². The number of carbonyl (C=O) groups is 2. The Hall–Kier alpha value is -3.59. The van der Waals surface area contributed by atoms with Gasteiger partial charge in [-0.15, -0.1) is 0 Å². The second-order valence-electron chi connectivity index (χ2n) is 19.6. The molecule has 2 atom stereocenters. The average Bonchev–Trinajstić information content (AvgIpc) is 3.34. The minimum absolute atomic E-state index is 0.0162. The van der Waals surface area contributed by atoms with E-state index >= 15 is 0 Å². The molecule has 0 aliphatic rings. The first-order valence-electron chi connectivity index (χ1n) is 28.3. The molecule has 0 aromatic rings. The Kier molecular flexibility index (Phi) is 49.7. The molecule has 0 heterocycles. The molecule has 1 N–H and O–H groups in total. The maximum Gasteiger partial charge on any atom is 0.472 e. The minimum atomic E-state index is -4.41. The Morgan fingerprint density at radius 2 is 0.792 bits per heavy atom. The summed E-state index contributed by atoms with van der Waals surface area (Å²) >= 11 is 0. The highest BCUT2D eigenvalue weighted by molar-refractivity contribution is 7.47. The molecule has 10 heteroatoms. The van der Waals surface area contributed by atoms with Crippen molar-refractivity contribution >= 4 is 19.8 Å². The van der Waals surface area contributed by atoms with Gasteiger partial charge in [-0.25, -0.2) is 4.57 Å². The first kappa shape index (κ1) is 68.4. The van der Waals surface area contributed by atoms with E-state index in [-0.39, 0.29) is 32.0 Å². The van der Waals surface area contributed by atoms with E-state index in [1.807, 2.05) is 21.1 Å². The Balaban J connectivity index is 4.33. The zero-order valence-corrected chi connectivity index (χ0v) is 47.3. The van der Waals surface area contributed by atoms with Crippen molar-refractivity contribution in [2.75, 3.05) is 47.5 Å². The maximum atomic E-state index is 12.8. The van der Waals surface area contributed by atoms with Crippen LogP contribution in [0.1, 0.15) is 206 Å². The van der Waals surface area contributed by atoms with Gasteiger partial charge in [0, 0.05) is 12.8 Å². The molecule has 9 nitrogen and oxygen atoms in total. The summed E-state index contributed by atoms with van der Waals surface area (Å²) in [6, 6.07) is 0. The summed E-state index contributed by atoms with van der Waals surface area (Å²) in [7, 11) is 1.43. The smallest absolute Gasteiger partial charge is 0.462 e. The number of ether oxygens (including phenoxy) is 2. The predicted octanol–water partition coefficient (Wildman–Crippen LogP) is 17.6. The van der Waals surface area contributed by atoms with Crippen LogP contribution in [0, 0.1) is 0 Å². The number of esters is 2. The third kappa shape index (κ3) is 55.7. The largest absolute Gasteiger partial charge is 0.472 e. The van der Waals surface area contributed by atoms with Crippen molar-refractivity contribution < 1.29 is 42.1 Å². The highest BCUT2D eigenvalue weighted by atomic mass is 31.2. The number of rotatable bonds is 50. The van der Waals surface area contributed by atoms with Crippen LogP contribution >= 0.6 is 7.82 Å². The van der Waals surface area contributed by atoms with Gasteiger partial charge in [-0.1, -0.05) is 206 Å². The van der Waals surface area contributed by atoms with Crippen molar-refractivity contribution in [2.24, 2.45) is 0 Å². The Labute approximate surface area is 441 Å². The highest BCUT2D eigenvalue weighted by Gasteiger charge is 2.27. The summed E-state index contributed by atoms with van der Waals surface area (Å²) in [5, 5.41) is 0. The molecule has 0 aromatic heterocycles. The molecule has 0 saturated carbocycles. The standard InChI is InChI=1S/C62H104NO8P/c1-6-8-10-12-14-16-18-20-22-24-26-28-30-31-33-35-37-39-41-43-45-47-49-51-53-55-62(65)71-60(59-70-72(66,67)69-57-56-63(3,4)5)58-68-61(64)54-52-50-48-46-44-42-40-38-36-34-32-29-27-25-23-21-19-17-15-13-11-9-7-2/h8,10,14,16,19-22,25-28,31-34,37,39,43,45,60H,6-7,9,11-13,15,17-18,23-24,29-30,35-36,38,40-42,44,46-59H2,1-5H3/p+1/b10-8-,16-14-,21-19-,22-20-,27-25-,28-26-,33-31-,34-32-,39-37-,45-43-. The van der Waals surface area contributed by atoms with Gasteiger partial charge < -0.3 is 18.9 Å². The molecule has 0 aliphatic heterocycles. The summed E-state index contributed by atoms with van der Waals surface area (Å²) in [5.74, 6) is -0.853. The van der Waals surface area contributed by atoms with E-state index in [1.165, 1.54) is 64.2 Å². The van der Waals surface area contributed by atoms with Gasteiger partial charge in [-0.2, -0.15) is 0 Å². The van der Waals surface area contributed by atoms with E-state index in [9.17, 15) is 19.0 Å². The van der Waals surface area contributed by atoms with Crippen molar-refractivity contribution in [1.29, 1.82) is 0 Å². The van der Waals surface area contributed by atoms with Crippen LogP contribution in [0.4, 0.5) is 0 Å². The molecular formula is C62H105NO8P+. The van der Waals surface area contributed by atoms with Crippen LogP contribution in [0.2, 0.25) is 0 Å². The third-order valence-electron chi connectivity index (χ3n) is 11.5. The topological polar surface area (TPSA) is 108 Å². The zero-order valence-electron chi connectivity index (χ0n) is 46.4. The van der Waals surface area contributed by atoms with Crippen LogP contribution < -0.4 is 0 Å². The Bertz CT molecular complexity index is 1630. The maximum absolute atomic E-state index is 12.8. The number of phosphoric ester groups is 1. The molecule has 0 bridgehead atoms. The molecule has 2 unspecified atom stereocenters. The molecule has 0 spiro atoms. The molecule has 0 radical (unpaired) electrons. The van der Waals surface area contributed by atoms with Crippen LogP contribution in [0.5, 0.6) is 0 Å². The number of nitrogens with zero attached hydrogens (tertiary/aromatic N) is 1. The summed E-state index contributed by atoms with van der Waals surface area (Å²) in [5.41, 5.74) is 0. The minimum Gasteiger partial charge on any atom is -0.462 e. The highest BCUT2D eigenvalue weighted by Crippen LogP contribution is 2.43. The van der Waals surface area contributed by atoms with Gasteiger partial charge in [0.2, 0.25) is 0 Å². The molecule has 410 valence electrons. The number of allylic oxidation sites excluding steroid dienone is 20. The number of carbonyl (C=O) groups excluding carboxylic acids is 2. The third-order valence-corrected chi connectivity index (χ3v) is 12.5. The summed E-state index contributed by atoms with van der Waals surface area (Å²) < 4.78 is 34.5. The van der Waals surface area contributed by atoms with Crippen molar-refractivity contribution in [3.8, 4) is 0 Å². The molecule has 0 fully saturated rings. The number of unbranched alkanes of at least 4 members (excludes halogenated alkanes) is 16. The Morgan fingerprint density at radius 1 is 0.444 bits per heavy atom. The number of likely N-dealkylation sites (N-methyl/N-ethyl adjacent to an activating group) is 1. The molecule has 0 amide bonds. The zero-order chi connectivity index (χ0) is 52.7. The van der Waals surface area contributed by atoms with Crippen LogP contribution in [0.15, 0.2) is 122 Å². The van der Waals surface area contributed by atoms with Crippen LogP contribution in [0.3, 0.4) is 0 Å². The van der Waals surface area contributed by atoms with Crippen LogP contribution in [-0.4, -0.2) is 74.9 Å². The van der Waals surface area contributed by atoms with Crippen molar-refractivity contribution in [1.82, 2.24) is 0 Å². The Morgan fingerprint density at radius 3 is 1.19 bits per heavy atom. The number of hydrogen-bond acceptors (Lipinski definition) is 7. The molecular weight excluding hydrogens is 918 g/mol. The first-order chi connectivity index (χ1) is 35.0. The van der Waals surface area contributed by atoms with E-state index in [1.54, 1.807) is 0 Å². The number of quaternary nitrogens is 1. The molecule has 72 heavy (non-hydrogen) atoms. The SMILES string of the molecule is CC/C=C\C/C=C\C/C=C\C/C=C\C/C=C\C/C=C\C/C=C\CCCCCC(=O)OC(COC(=O)CCCCCCCCCC/C=C\C/C=C\C/C=C\CCCCCCC)COP(=O)(O)OCC[N+](C)(C)C. The molecule has 0 aromatic carbocycles. The predicted molar refractivity (Wildman–Crippen MR) is 307 cm³/mol. The van der Waals surface area contributed by atoms with Crippen molar-refractivity contribution in [3.63, 3.8) is 0 Å². The van der Waals surface area contributed by atoms with Crippen molar-refractivity contribution in [2.45, 2.75) is 213 Å². The lowest BCUT2D eigenvalue weighted by atomic mass is 10.1. The van der Waals surface area contributed by atoms with Gasteiger partial charge >= 0.3 is 19.8 Å². The summed E-state index contributed by atoms with van der Waals surface area (Å²) in [4.78, 5) is 35.7. The lowest BCUT2D eigenvalue weighted by Crippen LogP contribution is -2.37. The lowest BCUT2D eigenvalue weighted by molar-refractivity contribution is -0.870. The number of phosphoric acid groups is 1. The second kappa shape index (κ2) is 52.3. The van der Waals surface area contributed by atoms with Gasteiger partial charge in [-0.05, 0) is 109 Å². The van der Waals surface area contributed by atoms with Gasteiger partial charge in [0.1, 0.15) is 19.8 Å². The monoisotopic (exact) mass is 1020 g/mol. The van der Waals surface area contributed by atoms with E-state index in [0.29, 0.717) is 17.4 Å². The summed E-state index contributed by atoms with van der Waals surface area (Å²) in [6.45, 7) is 4.24. The lowest BCUT2D eigenvalue weighted by Gasteiger charge is -2.24. The van der Waals surface area contributed by atoms with Crippen molar-refractivity contribution in [3.05, 3.63) is 122 Å². The number of hydrogen-bond donors (Lipinski definition) is 1. The average molecular weight is 1020 g/mol. The van der Waals surface area contributed by atoms with Gasteiger partial charge in [0.05, 0.1) is 27.7 Å². The first-order valence-corrected chi connectivity index (χ1v) is 29.8. The van der Waals surface area contributed by atoms with Crippen LogP contribution in [0.25, 0.3) is 0 Å². The molecule has 0 rings (SSSR count). The fourth-order valence-corrected chi connectivity index (χ4v) is 7.86. The fraction of sp³-hybridized carbons (Fsp3) is 0.645. The van der Waals surface area contributed by atoms with E-state index in [0.717, 1.165) is 109 Å².